The summed E-state index contributed by atoms with van der Waals surface area (Å²) in [4.78, 5) is 21.7. The Kier molecular flexibility index (Phi) is 3.62. The third-order valence-corrected chi connectivity index (χ3v) is 2.32. The van der Waals surface area contributed by atoms with Gasteiger partial charge in [-0.15, -0.1) is 0 Å². The summed E-state index contributed by atoms with van der Waals surface area (Å²) in [7, 11) is 0. The summed E-state index contributed by atoms with van der Waals surface area (Å²) in [6.07, 6.45) is 0.669. The van der Waals surface area contributed by atoms with Crippen LogP contribution in [0.1, 0.15) is 10.4 Å². The van der Waals surface area contributed by atoms with Crippen LogP contribution in [0.5, 0.6) is 0 Å². The van der Waals surface area contributed by atoms with Gasteiger partial charge in [-0.2, -0.15) is 0 Å². The number of hydrogen-bond donors (Lipinski definition) is 2. The van der Waals surface area contributed by atoms with Gasteiger partial charge in [0.15, 0.2) is 5.78 Å². The van der Waals surface area contributed by atoms with Gasteiger partial charge in [0.2, 0.25) is 5.76 Å². The highest BCUT2D eigenvalue weighted by Gasteiger charge is 2.11. The van der Waals surface area contributed by atoms with Crippen LogP contribution in [-0.2, 0) is 4.79 Å². The molecular weight excluding hydrogens is 264 g/mol. The predicted octanol–water partition coefficient (Wildman–Crippen LogP) is 2.16. The molecule has 0 radical (unpaired) electrons. The average molecular weight is 271 g/mol. The van der Waals surface area contributed by atoms with Crippen molar-refractivity contribution in [1.82, 2.24) is 0 Å². The molecule has 0 heterocycles. The van der Waals surface area contributed by atoms with Crippen LogP contribution < -0.4 is 0 Å². The largest absolute Gasteiger partial charge is 0.502 e. The Morgan fingerprint density at radius 1 is 1.20 bits per heavy atom. The molecule has 0 bridgehead atoms. The average Bonchev–Trinajstić information content (AvgIpc) is 2.18. The molecule has 0 aliphatic heterocycles. The minimum absolute atomic E-state index is 0.297. The molecule has 1 aromatic rings. The lowest BCUT2D eigenvalue weighted by molar-refractivity contribution is -0.135. The molecule has 1 aromatic carbocycles. The van der Waals surface area contributed by atoms with E-state index in [9.17, 15) is 9.59 Å². The van der Waals surface area contributed by atoms with E-state index < -0.39 is 17.5 Å². The third kappa shape index (κ3) is 2.92. The summed E-state index contributed by atoms with van der Waals surface area (Å²) in [5.74, 6) is -3.08. The fourth-order valence-corrected chi connectivity index (χ4v) is 1.40. The minimum atomic E-state index is -1.53. The normalized spacial score (nSPS) is 11.1. The number of carbonyl (C=O) groups is 2. The Labute approximate surface area is 94.0 Å². The lowest BCUT2D eigenvalue weighted by Gasteiger charge is -1.98. The van der Waals surface area contributed by atoms with Crippen LogP contribution in [0, 0.1) is 0 Å². The first-order chi connectivity index (χ1) is 7.02. The number of ketones is 1. The molecule has 2 N–H and O–H groups in total. The quantitative estimate of drug-likeness (QED) is 0.502. The number of aliphatic hydroxyl groups excluding tert-OH is 1. The van der Waals surface area contributed by atoms with Gasteiger partial charge in [-0.25, -0.2) is 4.79 Å². The molecule has 4 nitrogen and oxygen atoms in total. The molecule has 0 saturated carbocycles. The monoisotopic (exact) mass is 270 g/mol. The number of carboxylic acid groups (broad SMARTS) is 1. The van der Waals surface area contributed by atoms with Crippen molar-refractivity contribution in [3.63, 3.8) is 0 Å². The Morgan fingerprint density at radius 3 is 2.33 bits per heavy atom. The van der Waals surface area contributed by atoms with Crippen LogP contribution >= 0.6 is 15.9 Å². The fourth-order valence-electron chi connectivity index (χ4n) is 0.925. The molecule has 78 valence electrons. The second-order valence-corrected chi connectivity index (χ2v) is 3.53. The van der Waals surface area contributed by atoms with Crippen LogP contribution in [0.3, 0.4) is 0 Å². The van der Waals surface area contributed by atoms with E-state index in [0.29, 0.717) is 16.1 Å². The van der Waals surface area contributed by atoms with Gasteiger partial charge in [0.05, 0.1) is 0 Å². The Bertz CT molecular complexity index is 437. The second kappa shape index (κ2) is 4.75. The number of allylic oxidation sites excluding steroid dienone is 1. The first kappa shape index (κ1) is 11.5. The summed E-state index contributed by atoms with van der Waals surface area (Å²) < 4.78 is 0.546. The Morgan fingerprint density at radius 2 is 1.80 bits per heavy atom. The molecular formula is C10H7BrO4. The van der Waals surface area contributed by atoms with Gasteiger partial charge in [0, 0.05) is 16.1 Å². The topological polar surface area (TPSA) is 74.6 Å². The van der Waals surface area contributed by atoms with E-state index in [0.717, 1.165) is 0 Å². The Balaban J connectivity index is 3.02. The highest BCUT2D eigenvalue weighted by molar-refractivity contribution is 9.10. The highest BCUT2D eigenvalue weighted by Crippen LogP contribution is 2.17. The number of aliphatic carboxylic acids is 1. The molecule has 0 amide bonds. The molecule has 0 aliphatic rings. The van der Waals surface area contributed by atoms with E-state index in [1.807, 2.05) is 0 Å². The molecule has 0 fully saturated rings. The third-order valence-electron chi connectivity index (χ3n) is 1.63. The molecule has 1 rings (SSSR count). The van der Waals surface area contributed by atoms with E-state index in [2.05, 4.69) is 15.9 Å². The smallest absolute Gasteiger partial charge is 0.371 e. The van der Waals surface area contributed by atoms with Crippen LogP contribution in [-0.4, -0.2) is 22.0 Å². The predicted molar refractivity (Wildman–Crippen MR) is 56.8 cm³/mol. The highest BCUT2D eigenvalue weighted by atomic mass is 79.9. The van der Waals surface area contributed by atoms with Crippen molar-refractivity contribution in [3.8, 4) is 0 Å². The van der Waals surface area contributed by atoms with Gasteiger partial charge in [0.25, 0.3) is 0 Å². The molecule has 0 unspecified atom stereocenters. The van der Waals surface area contributed by atoms with Gasteiger partial charge in [-0.05, 0) is 12.1 Å². The maximum atomic E-state index is 11.5. The summed E-state index contributed by atoms with van der Waals surface area (Å²) in [5, 5.41) is 17.2. The summed E-state index contributed by atoms with van der Waals surface area (Å²) >= 11 is 3.14. The maximum Gasteiger partial charge on any atom is 0.371 e. The van der Waals surface area contributed by atoms with Gasteiger partial charge in [0.1, 0.15) is 0 Å². The van der Waals surface area contributed by atoms with Crippen molar-refractivity contribution in [2.75, 3.05) is 0 Å². The number of carbonyl (C=O) groups excluding carboxylic acids is 1. The molecule has 0 aromatic heterocycles. The number of aliphatic hydroxyl groups is 1. The number of rotatable bonds is 3. The fraction of sp³-hybridized carbons (Fsp3) is 0. The van der Waals surface area contributed by atoms with Crippen LogP contribution in [0.15, 0.2) is 40.6 Å². The van der Waals surface area contributed by atoms with Crippen molar-refractivity contribution in [1.29, 1.82) is 0 Å². The zero-order valence-corrected chi connectivity index (χ0v) is 9.06. The molecule has 15 heavy (non-hydrogen) atoms. The lowest BCUT2D eigenvalue weighted by Crippen LogP contribution is -2.04. The van der Waals surface area contributed by atoms with Gasteiger partial charge in [-0.3, -0.25) is 4.79 Å². The number of halogens is 1. The Hall–Kier alpha value is -1.62. The molecule has 0 aliphatic carbocycles. The van der Waals surface area contributed by atoms with E-state index in [1.165, 1.54) is 6.07 Å². The van der Waals surface area contributed by atoms with Crippen LogP contribution in [0.25, 0.3) is 0 Å². The SMILES string of the molecule is O=C(O)/C(O)=C/C(=O)c1ccccc1Br. The number of benzene rings is 1. The zero-order valence-electron chi connectivity index (χ0n) is 7.48. The van der Waals surface area contributed by atoms with Crippen molar-refractivity contribution in [2.45, 2.75) is 0 Å². The maximum absolute atomic E-state index is 11.5. The first-order valence-electron chi connectivity index (χ1n) is 3.95. The van der Waals surface area contributed by atoms with Crippen molar-refractivity contribution >= 4 is 27.7 Å². The number of hydrogen-bond acceptors (Lipinski definition) is 3. The van der Waals surface area contributed by atoms with E-state index in [-0.39, 0.29) is 0 Å². The van der Waals surface area contributed by atoms with Crippen LogP contribution in [0.4, 0.5) is 0 Å². The lowest BCUT2D eigenvalue weighted by atomic mass is 10.1. The standard InChI is InChI=1S/C10H7BrO4/c11-7-4-2-1-3-6(7)8(12)5-9(13)10(14)15/h1-5,13H,(H,14,15)/b9-5-. The molecule has 0 spiro atoms. The van der Waals surface area contributed by atoms with Gasteiger partial charge < -0.3 is 10.2 Å². The van der Waals surface area contributed by atoms with E-state index in [1.54, 1.807) is 18.2 Å². The zero-order chi connectivity index (χ0) is 11.4. The van der Waals surface area contributed by atoms with Gasteiger partial charge in [-0.1, -0.05) is 28.1 Å². The first-order valence-corrected chi connectivity index (χ1v) is 4.74. The molecule has 5 heteroatoms. The van der Waals surface area contributed by atoms with E-state index in [4.69, 9.17) is 10.2 Å². The summed E-state index contributed by atoms with van der Waals surface area (Å²) in [6, 6.07) is 6.54. The molecule has 0 saturated heterocycles. The van der Waals surface area contributed by atoms with Gasteiger partial charge >= 0.3 is 5.97 Å². The van der Waals surface area contributed by atoms with Crippen LogP contribution in [0.2, 0.25) is 0 Å². The van der Waals surface area contributed by atoms with Crippen molar-refractivity contribution in [2.24, 2.45) is 0 Å². The number of carboxylic acids is 1. The summed E-state index contributed by atoms with van der Waals surface area (Å²) in [6.45, 7) is 0. The summed E-state index contributed by atoms with van der Waals surface area (Å²) in [5.41, 5.74) is 0.297. The van der Waals surface area contributed by atoms with Crippen molar-refractivity contribution < 1.29 is 19.8 Å². The minimum Gasteiger partial charge on any atom is -0.502 e. The second-order valence-electron chi connectivity index (χ2n) is 2.68. The van der Waals surface area contributed by atoms with E-state index >= 15 is 0 Å². The van der Waals surface area contributed by atoms with Crippen molar-refractivity contribution in [3.05, 3.63) is 46.1 Å². The molecule has 0 atom stereocenters.